The average molecular weight is 261 g/mol. The van der Waals surface area contributed by atoms with Gasteiger partial charge in [-0.1, -0.05) is 0 Å². The van der Waals surface area contributed by atoms with Gasteiger partial charge in [-0.05, 0) is 30.8 Å². The monoisotopic (exact) mass is 260 g/mol. The van der Waals surface area contributed by atoms with E-state index >= 15 is 0 Å². The van der Waals surface area contributed by atoms with Crippen LogP contribution >= 0.6 is 23.7 Å². The highest BCUT2D eigenvalue weighted by Crippen LogP contribution is 2.14. The van der Waals surface area contributed by atoms with Crippen LogP contribution in [-0.4, -0.2) is 37.0 Å². The fraction of sp³-hybridized carbons (Fsp3) is 0.545. The number of piperidine rings is 1. The maximum absolute atomic E-state index is 12.0. The number of hydrogen-bond acceptors (Lipinski definition) is 3. The fourth-order valence-corrected chi connectivity index (χ4v) is 2.55. The molecule has 1 atom stereocenters. The third-order valence-corrected chi connectivity index (χ3v) is 3.59. The van der Waals surface area contributed by atoms with Gasteiger partial charge in [-0.3, -0.25) is 4.79 Å². The molecule has 1 aromatic rings. The summed E-state index contributed by atoms with van der Waals surface area (Å²) in [6.07, 6.45) is 2.27. The molecule has 0 bridgehead atoms. The largest absolute Gasteiger partial charge is 0.337 e. The van der Waals surface area contributed by atoms with Gasteiger partial charge in [0, 0.05) is 25.0 Å². The van der Waals surface area contributed by atoms with Crippen molar-refractivity contribution in [2.45, 2.75) is 18.9 Å². The fourth-order valence-electron chi connectivity index (χ4n) is 1.92. The van der Waals surface area contributed by atoms with Crippen LogP contribution in [0.1, 0.15) is 23.2 Å². The Labute approximate surface area is 106 Å². The van der Waals surface area contributed by atoms with E-state index in [2.05, 4.69) is 5.32 Å². The summed E-state index contributed by atoms with van der Waals surface area (Å²) in [4.78, 5) is 13.9. The number of likely N-dealkylation sites (N-methyl/N-ethyl adjacent to an activating group) is 1. The second-order valence-corrected chi connectivity index (χ2v) is 4.71. The zero-order chi connectivity index (χ0) is 10.7. The normalized spacial score (nSPS) is 19.9. The number of amides is 1. The third-order valence-electron chi connectivity index (χ3n) is 2.91. The number of carbonyl (C=O) groups is 1. The molecule has 1 amide bonds. The lowest BCUT2D eigenvalue weighted by Gasteiger charge is -2.31. The zero-order valence-electron chi connectivity index (χ0n) is 9.31. The number of thiophene rings is 1. The number of nitrogens with zero attached hydrogens (tertiary/aromatic N) is 1. The Morgan fingerprint density at radius 1 is 1.62 bits per heavy atom. The Morgan fingerprint density at radius 3 is 3.00 bits per heavy atom. The number of rotatable bonds is 2. The molecule has 0 aliphatic carbocycles. The SMILES string of the molecule is CN(C(=O)c1ccsc1)[C@H]1CCCNC1.Cl. The molecule has 1 saturated heterocycles. The van der Waals surface area contributed by atoms with Crippen molar-refractivity contribution in [3.63, 3.8) is 0 Å². The Kier molecular flexibility index (Phi) is 5.25. The molecule has 2 rings (SSSR count). The summed E-state index contributed by atoms with van der Waals surface area (Å²) in [5, 5.41) is 7.18. The summed E-state index contributed by atoms with van der Waals surface area (Å²) in [5.74, 6) is 0.143. The van der Waals surface area contributed by atoms with E-state index in [4.69, 9.17) is 0 Å². The Bertz CT molecular complexity index is 323. The van der Waals surface area contributed by atoms with E-state index in [0.29, 0.717) is 6.04 Å². The van der Waals surface area contributed by atoms with Gasteiger partial charge >= 0.3 is 0 Å². The van der Waals surface area contributed by atoms with Gasteiger partial charge in [0.2, 0.25) is 0 Å². The van der Waals surface area contributed by atoms with E-state index in [1.807, 2.05) is 28.8 Å². The van der Waals surface area contributed by atoms with Crippen LogP contribution in [0.3, 0.4) is 0 Å². The Morgan fingerprint density at radius 2 is 2.44 bits per heavy atom. The predicted octanol–water partition coefficient (Wildman–Crippen LogP) is 1.99. The van der Waals surface area contributed by atoms with Crippen molar-refractivity contribution < 1.29 is 4.79 Å². The molecular formula is C11H17ClN2OS. The highest BCUT2D eigenvalue weighted by molar-refractivity contribution is 7.08. The molecule has 0 spiro atoms. The summed E-state index contributed by atoms with van der Waals surface area (Å²) in [7, 11) is 1.90. The number of halogens is 1. The molecule has 90 valence electrons. The number of nitrogens with one attached hydrogen (secondary N) is 1. The zero-order valence-corrected chi connectivity index (χ0v) is 10.9. The van der Waals surface area contributed by atoms with E-state index in [0.717, 1.165) is 31.5 Å². The van der Waals surface area contributed by atoms with Crippen LogP contribution in [0.5, 0.6) is 0 Å². The van der Waals surface area contributed by atoms with Crippen LogP contribution in [0.2, 0.25) is 0 Å². The highest BCUT2D eigenvalue weighted by atomic mass is 35.5. The van der Waals surface area contributed by atoms with Crippen LogP contribution in [0.25, 0.3) is 0 Å². The average Bonchev–Trinajstić information content (AvgIpc) is 2.82. The summed E-state index contributed by atoms with van der Waals surface area (Å²) >= 11 is 1.57. The Hall–Kier alpha value is -0.580. The molecular weight excluding hydrogens is 244 g/mol. The van der Waals surface area contributed by atoms with E-state index in [1.165, 1.54) is 0 Å². The van der Waals surface area contributed by atoms with Gasteiger partial charge < -0.3 is 10.2 Å². The van der Waals surface area contributed by atoms with Gasteiger partial charge in [0.25, 0.3) is 5.91 Å². The van der Waals surface area contributed by atoms with Crippen molar-refractivity contribution in [3.05, 3.63) is 22.4 Å². The van der Waals surface area contributed by atoms with E-state index < -0.39 is 0 Å². The lowest BCUT2D eigenvalue weighted by Crippen LogP contribution is -2.46. The molecule has 0 saturated carbocycles. The maximum Gasteiger partial charge on any atom is 0.254 e. The second-order valence-electron chi connectivity index (χ2n) is 3.93. The van der Waals surface area contributed by atoms with Crippen molar-refractivity contribution in [2.24, 2.45) is 0 Å². The first-order valence-corrected chi connectivity index (χ1v) is 6.23. The molecule has 1 aliphatic rings. The van der Waals surface area contributed by atoms with Crippen molar-refractivity contribution in [1.82, 2.24) is 10.2 Å². The summed E-state index contributed by atoms with van der Waals surface area (Å²) in [6.45, 7) is 2.00. The molecule has 0 aromatic carbocycles. The number of carbonyl (C=O) groups excluding carboxylic acids is 1. The smallest absolute Gasteiger partial charge is 0.254 e. The summed E-state index contributed by atoms with van der Waals surface area (Å²) in [5.41, 5.74) is 0.813. The predicted molar refractivity (Wildman–Crippen MR) is 69.6 cm³/mol. The van der Waals surface area contributed by atoms with Gasteiger partial charge in [-0.25, -0.2) is 0 Å². The highest BCUT2D eigenvalue weighted by Gasteiger charge is 2.22. The van der Waals surface area contributed by atoms with Gasteiger partial charge in [0.1, 0.15) is 0 Å². The molecule has 2 heterocycles. The van der Waals surface area contributed by atoms with E-state index in [9.17, 15) is 4.79 Å². The van der Waals surface area contributed by atoms with Crippen molar-refractivity contribution in [2.75, 3.05) is 20.1 Å². The number of hydrogen-bond donors (Lipinski definition) is 1. The standard InChI is InChI=1S/C11H16N2OS.ClH/c1-13(10-3-2-5-12-7-10)11(14)9-4-6-15-8-9;/h4,6,8,10,12H,2-3,5,7H2,1H3;1H/t10-;/m0./s1. The molecule has 1 N–H and O–H groups in total. The second kappa shape index (κ2) is 6.23. The van der Waals surface area contributed by atoms with E-state index in [1.54, 1.807) is 11.3 Å². The van der Waals surface area contributed by atoms with Crippen LogP contribution in [0.4, 0.5) is 0 Å². The summed E-state index contributed by atoms with van der Waals surface area (Å²) < 4.78 is 0. The van der Waals surface area contributed by atoms with Crippen LogP contribution in [-0.2, 0) is 0 Å². The van der Waals surface area contributed by atoms with Gasteiger partial charge in [-0.2, -0.15) is 11.3 Å². The lowest BCUT2D eigenvalue weighted by molar-refractivity contribution is 0.0709. The molecule has 1 aromatic heterocycles. The molecule has 0 radical (unpaired) electrons. The molecule has 1 aliphatic heterocycles. The maximum atomic E-state index is 12.0. The van der Waals surface area contributed by atoms with E-state index in [-0.39, 0.29) is 18.3 Å². The third kappa shape index (κ3) is 2.97. The van der Waals surface area contributed by atoms with Gasteiger partial charge in [0.15, 0.2) is 0 Å². The van der Waals surface area contributed by atoms with Crippen molar-refractivity contribution in [1.29, 1.82) is 0 Å². The first-order chi connectivity index (χ1) is 7.29. The minimum absolute atomic E-state index is 0. The van der Waals surface area contributed by atoms with Gasteiger partial charge in [0.05, 0.1) is 5.56 Å². The minimum Gasteiger partial charge on any atom is -0.337 e. The molecule has 5 heteroatoms. The first-order valence-electron chi connectivity index (χ1n) is 5.29. The summed E-state index contributed by atoms with van der Waals surface area (Å²) in [6, 6.07) is 2.24. The quantitative estimate of drug-likeness (QED) is 0.882. The van der Waals surface area contributed by atoms with Gasteiger partial charge in [-0.15, -0.1) is 12.4 Å². The minimum atomic E-state index is 0. The van der Waals surface area contributed by atoms with Crippen molar-refractivity contribution >= 4 is 29.7 Å². The molecule has 0 unspecified atom stereocenters. The van der Waals surface area contributed by atoms with Crippen LogP contribution < -0.4 is 5.32 Å². The topological polar surface area (TPSA) is 32.3 Å². The Balaban J connectivity index is 0.00000128. The molecule has 1 fully saturated rings. The van der Waals surface area contributed by atoms with Crippen LogP contribution in [0.15, 0.2) is 16.8 Å². The van der Waals surface area contributed by atoms with Crippen molar-refractivity contribution in [3.8, 4) is 0 Å². The molecule has 3 nitrogen and oxygen atoms in total. The lowest BCUT2D eigenvalue weighted by atomic mass is 10.1. The van der Waals surface area contributed by atoms with Crippen LogP contribution in [0, 0.1) is 0 Å². The first kappa shape index (κ1) is 13.5. The molecule has 16 heavy (non-hydrogen) atoms.